The number of likely N-dealkylation sites (tertiary alicyclic amines) is 2. The smallest absolute Gasteiger partial charge is 0.234 e. The molecule has 4 rings (SSSR count). The van der Waals surface area contributed by atoms with Crippen LogP contribution in [0.2, 0.25) is 0 Å². The minimum absolute atomic E-state index is 0.0484. The molecule has 2 aromatic rings. The molecule has 2 amide bonds. The molecular formula is C18H19N3O3. The van der Waals surface area contributed by atoms with Crippen LogP contribution in [0, 0.1) is 18.8 Å². The third-order valence-corrected chi connectivity index (χ3v) is 4.81. The van der Waals surface area contributed by atoms with Crippen LogP contribution >= 0.6 is 0 Å². The first-order valence-corrected chi connectivity index (χ1v) is 8.15. The minimum Gasteiger partial charge on any atom is -0.361 e. The summed E-state index contributed by atoms with van der Waals surface area (Å²) in [6.07, 6.45) is 0. The third kappa shape index (κ3) is 2.63. The first kappa shape index (κ1) is 15.1. The van der Waals surface area contributed by atoms with Gasteiger partial charge in [0.1, 0.15) is 5.76 Å². The van der Waals surface area contributed by atoms with Crippen molar-refractivity contribution >= 4 is 11.8 Å². The first-order chi connectivity index (χ1) is 11.6. The van der Waals surface area contributed by atoms with Crippen molar-refractivity contribution in [1.82, 2.24) is 15.0 Å². The Hall–Kier alpha value is -2.47. The molecule has 0 bridgehead atoms. The highest BCUT2D eigenvalue weighted by Crippen LogP contribution is 2.34. The van der Waals surface area contributed by atoms with Crippen molar-refractivity contribution in [2.75, 3.05) is 13.1 Å². The molecule has 2 atom stereocenters. The second-order valence-electron chi connectivity index (χ2n) is 6.58. The van der Waals surface area contributed by atoms with Crippen molar-refractivity contribution in [1.29, 1.82) is 0 Å². The van der Waals surface area contributed by atoms with Crippen molar-refractivity contribution in [2.45, 2.75) is 20.0 Å². The molecule has 0 N–H and O–H groups in total. The summed E-state index contributed by atoms with van der Waals surface area (Å²) in [4.78, 5) is 28.8. The van der Waals surface area contributed by atoms with Crippen molar-refractivity contribution in [3.63, 3.8) is 0 Å². The van der Waals surface area contributed by atoms with E-state index >= 15 is 0 Å². The maximum atomic E-state index is 12.6. The van der Waals surface area contributed by atoms with Crippen LogP contribution in [0.15, 0.2) is 40.9 Å². The Kier molecular flexibility index (Phi) is 3.69. The van der Waals surface area contributed by atoms with Crippen molar-refractivity contribution in [3.8, 4) is 0 Å². The molecule has 0 radical (unpaired) electrons. The van der Waals surface area contributed by atoms with E-state index in [9.17, 15) is 9.59 Å². The van der Waals surface area contributed by atoms with Crippen LogP contribution in [-0.4, -0.2) is 39.9 Å². The SMILES string of the molecule is Cc1cc(CN2CC3C(=O)N(Cc4ccccc4)C(=O)C3C2)no1. The second-order valence-corrected chi connectivity index (χ2v) is 6.58. The van der Waals surface area contributed by atoms with E-state index in [0.717, 1.165) is 17.0 Å². The Morgan fingerprint density at radius 2 is 1.75 bits per heavy atom. The topological polar surface area (TPSA) is 66.7 Å². The summed E-state index contributed by atoms with van der Waals surface area (Å²) in [6, 6.07) is 11.5. The lowest BCUT2D eigenvalue weighted by molar-refractivity contribution is -0.141. The quantitative estimate of drug-likeness (QED) is 0.799. The number of hydrogen-bond acceptors (Lipinski definition) is 5. The zero-order valence-electron chi connectivity index (χ0n) is 13.5. The van der Waals surface area contributed by atoms with Crippen LogP contribution < -0.4 is 0 Å². The van der Waals surface area contributed by atoms with Crippen molar-refractivity contribution in [2.24, 2.45) is 11.8 Å². The molecule has 1 aromatic heterocycles. The molecule has 2 unspecified atom stereocenters. The van der Waals surface area contributed by atoms with Gasteiger partial charge in [-0.25, -0.2) is 0 Å². The molecule has 3 heterocycles. The molecular weight excluding hydrogens is 306 g/mol. The van der Waals surface area contributed by atoms with E-state index in [0.29, 0.717) is 26.2 Å². The molecule has 124 valence electrons. The van der Waals surface area contributed by atoms with Gasteiger partial charge in [-0.3, -0.25) is 19.4 Å². The van der Waals surface area contributed by atoms with E-state index < -0.39 is 0 Å². The Morgan fingerprint density at radius 3 is 2.33 bits per heavy atom. The van der Waals surface area contributed by atoms with Gasteiger partial charge in [-0.15, -0.1) is 0 Å². The molecule has 0 saturated carbocycles. The number of carbonyl (C=O) groups is 2. The first-order valence-electron chi connectivity index (χ1n) is 8.15. The summed E-state index contributed by atoms with van der Waals surface area (Å²) in [5, 5.41) is 3.99. The lowest BCUT2D eigenvalue weighted by atomic mass is 10.00. The van der Waals surface area contributed by atoms with E-state index in [-0.39, 0.29) is 23.7 Å². The number of fused-ring (bicyclic) bond motifs is 1. The van der Waals surface area contributed by atoms with Crippen molar-refractivity contribution in [3.05, 3.63) is 53.4 Å². The highest BCUT2D eigenvalue weighted by Gasteiger charge is 2.52. The van der Waals surface area contributed by atoms with Gasteiger partial charge >= 0.3 is 0 Å². The van der Waals surface area contributed by atoms with E-state index in [1.54, 1.807) is 0 Å². The van der Waals surface area contributed by atoms with E-state index in [2.05, 4.69) is 10.1 Å². The lowest BCUT2D eigenvalue weighted by Crippen LogP contribution is -2.35. The standard InChI is InChI=1S/C18H19N3O3/c1-12-7-14(19-24-12)9-20-10-15-16(11-20)18(23)21(17(15)22)8-13-5-3-2-4-6-13/h2-7,15-16H,8-11H2,1H3. The molecule has 2 aliphatic rings. The fraction of sp³-hybridized carbons (Fsp3) is 0.389. The Labute approximate surface area is 140 Å². The molecule has 0 spiro atoms. The van der Waals surface area contributed by atoms with Crippen LogP contribution in [-0.2, 0) is 22.7 Å². The van der Waals surface area contributed by atoms with Gasteiger partial charge in [0.25, 0.3) is 0 Å². The summed E-state index contributed by atoms with van der Waals surface area (Å²) >= 11 is 0. The van der Waals surface area contributed by atoms with Gasteiger partial charge in [0.15, 0.2) is 0 Å². The Bertz CT molecular complexity index is 747. The number of amides is 2. The summed E-state index contributed by atoms with van der Waals surface area (Å²) in [6.45, 7) is 4.04. The van der Waals surface area contributed by atoms with Crippen LogP contribution in [0.1, 0.15) is 17.0 Å². The highest BCUT2D eigenvalue weighted by atomic mass is 16.5. The lowest BCUT2D eigenvalue weighted by Gasteiger charge is -2.19. The molecule has 2 fully saturated rings. The Balaban J connectivity index is 1.44. The normalized spacial score (nSPS) is 24.0. The summed E-state index contributed by atoms with van der Waals surface area (Å²) < 4.78 is 5.08. The van der Waals surface area contributed by atoms with Crippen molar-refractivity contribution < 1.29 is 14.1 Å². The van der Waals surface area contributed by atoms with Gasteiger partial charge in [-0.05, 0) is 12.5 Å². The number of benzene rings is 1. The molecule has 0 aliphatic carbocycles. The minimum atomic E-state index is -0.228. The second kappa shape index (κ2) is 5.87. The zero-order valence-corrected chi connectivity index (χ0v) is 13.5. The maximum absolute atomic E-state index is 12.6. The predicted molar refractivity (Wildman–Crippen MR) is 85.5 cm³/mol. The van der Waals surface area contributed by atoms with Gasteiger partial charge in [0.05, 0.1) is 24.1 Å². The molecule has 2 aliphatic heterocycles. The number of hydrogen-bond donors (Lipinski definition) is 0. The summed E-state index contributed by atoms with van der Waals surface area (Å²) in [5.74, 6) is 0.217. The molecule has 2 saturated heterocycles. The number of imide groups is 1. The molecule has 6 nitrogen and oxygen atoms in total. The van der Waals surface area contributed by atoms with Gasteiger partial charge < -0.3 is 4.52 Å². The number of rotatable bonds is 4. The van der Waals surface area contributed by atoms with Crippen LogP contribution in [0.4, 0.5) is 0 Å². The van der Waals surface area contributed by atoms with Gasteiger partial charge in [-0.2, -0.15) is 0 Å². The number of aromatic nitrogens is 1. The number of aryl methyl sites for hydroxylation is 1. The summed E-state index contributed by atoms with van der Waals surface area (Å²) in [5.41, 5.74) is 1.82. The van der Waals surface area contributed by atoms with E-state index in [4.69, 9.17) is 4.52 Å². The van der Waals surface area contributed by atoms with Crippen LogP contribution in [0.5, 0.6) is 0 Å². The third-order valence-electron chi connectivity index (χ3n) is 4.81. The van der Waals surface area contributed by atoms with E-state index in [1.165, 1.54) is 4.90 Å². The van der Waals surface area contributed by atoms with Gasteiger partial charge in [0, 0.05) is 25.7 Å². The van der Waals surface area contributed by atoms with Gasteiger partial charge in [-0.1, -0.05) is 35.5 Å². The van der Waals surface area contributed by atoms with Gasteiger partial charge in [0.2, 0.25) is 11.8 Å². The fourth-order valence-corrected chi connectivity index (χ4v) is 3.67. The maximum Gasteiger partial charge on any atom is 0.234 e. The van der Waals surface area contributed by atoms with Crippen LogP contribution in [0.3, 0.4) is 0 Å². The molecule has 1 aromatic carbocycles. The Morgan fingerprint density at radius 1 is 1.08 bits per heavy atom. The predicted octanol–water partition coefficient (Wildman–Crippen LogP) is 1.60. The fourth-order valence-electron chi connectivity index (χ4n) is 3.67. The summed E-state index contributed by atoms with van der Waals surface area (Å²) in [7, 11) is 0. The zero-order chi connectivity index (χ0) is 16.7. The van der Waals surface area contributed by atoms with Crippen LogP contribution in [0.25, 0.3) is 0 Å². The molecule has 24 heavy (non-hydrogen) atoms. The number of nitrogens with zero attached hydrogens (tertiary/aromatic N) is 3. The molecule has 6 heteroatoms. The average Bonchev–Trinajstić information content (AvgIpc) is 3.23. The largest absolute Gasteiger partial charge is 0.361 e. The van der Waals surface area contributed by atoms with E-state index in [1.807, 2.05) is 43.3 Å². The monoisotopic (exact) mass is 325 g/mol. The average molecular weight is 325 g/mol. The number of carbonyl (C=O) groups excluding carboxylic acids is 2. The highest BCUT2D eigenvalue weighted by molar-refractivity contribution is 6.05.